The lowest BCUT2D eigenvalue weighted by Crippen LogP contribution is -1.98. The van der Waals surface area contributed by atoms with Gasteiger partial charge in [0.2, 0.25) is 0 Å². The molecule has 9 heavy (non-hydrogen) atoms. The fourth-order valence-corrected chi connectivity index (χ4v) is 0.634. The standard InChI is InChI=1S/C6H11ClO2/c7-5-6(9)3-1-2-4-8/h8H,1-5H2. The van der Waals surface area contributed by atoms with Crippen molar-refractivity contribution in [3.63, 3.8) is 0 Å². The quantitative estimate of drug-likeness (QED) is 0.468. The number of carbonyl (C=O) groups is 1. The molecule has 0 aliphatic heterocycles. The predicted octanol–water partition coefficient (Wildman–Crippen LogP) is 0.957. The van der Waals surface area contributed by atoms with Crippen LogP contribution in [0, 0.1) is 0 Å². The minimum atomic E-state index is 0.0603. The fraction of sp³-hybridized carbons (Fsp3) is 0.833. The summed E-state index contributed by atoms with van der Waals surface area (Å²) in [5, 5.41) is 8.31. The van der Waals surface area contributed by atoms with Crippen LogP contribution in [0.2, 0.25) is 0 Å². The average molecular weight is 151 g/mol. The Morgan fingerprint density at radius 1 is 1.44 bits per heavy atom. The third kappa shape index (κ3) is 5.80. The summed E-state index contributed by atoms with van der Waals surface area (Å²) in [4.78, 5) is 10.5. The van der Waals surface area contributed by atoms with Gasteiger partial charge in [-0.3, -0.25) is 4.79 Å². The molecule has 0 unspecified atom stereocenters. The number of unbranched alkanes of at least 4 members (excludes halogenated alkanes) is 1. The Kier molecular flexibility index (Phi) is 5.99. The van der Waals surface area contributed by atoms with Gasteiger partial charge in [-0.2, -0.15) is 0 Å². The van der Waals surface area contributed by atoms with E-state index in [-0.39, 0.29) is 18.3 Å². The minimum Gasteiger partial charge on any atom is -0.396 e. The first-order chi connectivity index (χ1) is 4.31. The van der Waals surface area contributed by atoms with Crippen LogP contribution in [0.5, 0.6) is 0 Å². The van der Waals surface area contributed by atoms with E-state index in [1.165, 1.54) is 0 Å². The van der Waals surface area contributed by atoms with Gasteiger partial charge in [0, 0.05) is 13.0 Å². The van der Waals surface area contributed by atoms with Gasteiger partial charge in [-0.05, 0) is 12.8 Å². The van der Waals surface area contributed by atoms with Gasteiger partial charge in [-0.15, -0.1) is 11.6 Å². The highest BCUT2D eigenvalue weighted by molar-refractivity contribution is 6.27. The van der Waals surface area contributed by atoms with E-state index in [1.807, 2.05) is 0 Å². The van der Waals surface area contributed by atoms with Gasteiger partial charge < -0.3 is 5.11 Å². The van der Waals surface area contributed by atoms with E-state index in [2.05, 4.69) is 0 Å². The molecule has 0 aliphatic carbocycles. The third-order valence-electron chi connectivity index (χ3n) is 1.01. The van der Waals surface area contributed by atoms with Gasteiger partial charge in [0.15, 0.2) is 0 Å². The maximum atomic E-state index is 10.5. The number of carbonyl (C=O) groups excluding carboxylic acids is 1. The predicted molar refractivity (Wildman–Crippen MR) is 36.7 cm³/mol. The first kappa shape index (κ1) is 8.92. The average Bonchev–Trinajstić information content (AvgIpc) is 1.89. The van der Waals surface area contributed by atoms with Crippen molar-refractivity contribution >= 4 is 17.4 Å². The summed E-state index contributed by atoms with van der Waals surface area (Å²) in [5.74, 6) is 0.163. The minimum absolute atomic E-state index is 0.0603. The van der Waals surface area contributed by atoms with E-state index < -0.39 is 0 Å². The summed E-state index contributed by atoms with van der Waals surface area (Å²) < 4.78 is 0. The number of hydrogen-bond acceptors (Lipinski definition) is 2. The summed E-state index contributed by atoms with van der Waals surface area (Å²) in [7, 11) is 0. The smallest absolute Gasteiger partial charge is 0.147 e. The number of halogens is 1. The summed E-state index contributed by atoms with van der Waals surface area (Å²) >= 11 is 5.22. The van der Waals surface area contributed by atoms with Crippen LogP contribution in [0.1, 0.15) is 19.3 Å². The van der Waals surface area contributed by atoms with Crippen molar-refractivity contribution in [1.82, 2.24) is 0 Å². The zero-order valence-electron chi connectivity index (χ0n) is 5.27. The van der Waals surface area contributed by atoms with Gasteiger partial charge in [0.05, 0.1) is 5.88 Å². The lowest BCUT2D eigenvalue weighted by atomic mass is 10.2. The maximum absolute atomic E-state index is 10.5. The van der Waals surface area contributed by atoms with E-state index in [0.29, 0.717) is 12.8 Å². The molecule has 3 heteroatoms. The van der Waals surface area contributed by atoms with E-state index >= 15 is 0 Å². The van der Waals surface area contributed by atoms with Crippen LogP contribution in [-0.2, 0) is 4.79 Å². The second-order valence-electron chi connectivity index (χ2n) is 1.85. The fourth-order valence-electron chi connectivity index (χ4n) is 0.501. The number of hydrogen-bond donors (Lipinski definition) is 1. The van der Waals surface area contributed by atoms with Gasteiger partial charge >= 0.3 is 0 Å². The second-order valence-corrected chi connectivity index (χ2v) is 2.12. The normalized spacial score (nSPS) is 9.56. The van der Waals surface area contributed by atoms with Gasteiger partial charge in [-0.1, -0.05) is 0 Å². The molecule has 54 valence electrons. The number of aliphatic hydroxyl groups is 1. The first-order valence-electron chi connectivity index (χ1n) is 2.99. The number of alkyl halides is 1. The Bertz CT molecular complexity index is 83.1. The summed E-state index contributed by atoms with van der Waals surface area (Å²) in [6, 6.07) is 0. The molecule has 0 fully saturated rings. The van der Waals surface area contributed by atoms with Crippen molar-refractivity contribution in [2.45, 2.75) is 19.3 Å². The molecule has 0 aliphatic rings. The second kappa shape index (κ2) is 6.05. The molecule has 2 nitrogen and oxygen atoms in total. The Hall–Kier alpha value is -0.0800. The Morgan fingerprint density at radius 2 is 2.11 bits per heavy atom. The third-order valence-corrected chi connectivity index (χ3v) is 1.31. The topological polar surface area (TPSA) is 37.3 Å². The van der Waals surface area contributed by atoms with Gasteiger partial charge in [-0.25, -0.2) is 0 Å². The molecule has 0 heterocycles. The molecule has 1 N–H and O–H groups in total. The lowest BCUT2D eigenvalue weighted by Gasteiger charge is -1.92. The molecule has 0 saturated heterocycles. The SMILES string of the molecule is O=C(CCl)CCCCO. The van der Waals surface area contributed by atoms with Crippen LogP contribution in [-0.4, -0.2) is 23.4 Å². The van der Waals surface area contributed by atoms with E-state index in [1.54, 1.807) is 0 Å². The summed E-state index contributed by atoms with van der Waals surface area (Å²) in [6.45, 7) is 0.162. The number of aliphatic hydroxyl groups excluding tert-OH is 1. The van der Waals surface area contributed by atoms with Crippen molar-refractivity contribution in [2.24, 2.45) is 0 Å². The van der Waals surface area contributed by atoms with Gasteiger partial charge in [0.1, 0.15) is 5.78 Å². The molecule has 0 saturated carbocycles. The highest BCUT2D eigenvalue weighted by Crippen LogP contribution is 1.96. The Balaban J connectivity index is 2.97. The Morgan fingerprint density at radius 3 is 2.56 bits per heavy atom. The molecule has 0 aromatic heterocycles. The van der Waals surface area contributed by atoms with Crippen LogP contribution >= 0.6 is 11.6 Å². The summed E-state index contributed by atoms with van der Waals surface area (Å²) in [6.07, 6.45) is 1.95. The molecule has 0 amide bonds. The van der Waals surface area contributed by atoms with Crippen molar-refractivity contribution in [2.75, 3.05) is 12.5 Å². The number of rotatable bonds is 5. The zero-order valence-corrected chi connectivity index (χ0v) is 6.02. The van der Waals surface area contributed by atoms with Crippen LogP contribution in [0.3, 0.4) is 0 Å². The molecule has 0 aromatic carbocycles. The maximum Gasteiger partial charge on any atom is 0.147 e. The van der Waals surface area contributed by atoms with E-state index in [4.69, 9.17) is 16.7 Å². The van der Waals surface area contributed by atoms with E-state index in [0.717, 1.165) is 6.42 Å². The van der Waals surface area contributed by atoms with Crippen molar-refractivity contribution in [3.8, 4) is 0 Å². The molecule has 0 spiro atoms. The van der Waals surface area contributed by atoms with Crippen molar-refractivity contribution in [1.29, 1.82) is 0 Å². The monoisotopic (exact) mass is 150 g/mol. The highest BCUT2D eigenvalue weighted by atomic mass is 35.5. The van der Waals surface area contributed by atoms with Crippen LogP contribution < -0.4 is 0 Å². The first-order valence-corrected chi connectivity index (χ1v) is 3.53. The molecule has 0 radical (unpaired) electrons. The number of Topliss-reactive ketones (excluding diaryl/α,β-unsaturated/α-hetero) is 1. The highest BCUT2D eigenvalue weighted by Gasteiger charge is 1.96. The molecule has 0 aromatic rings. The summed E-state index contributed by atoms with van der Waals surface area (Å²) in [5.41, 5.74) is 0. The van der Waals surface area contributed by atoms with Crippen LogP contribution in [0.15, 0.2) is 0 Å². The van der Waals surface area contributed by atoms with Crippen molar-refractivity contribution < 1.29 is 9.90 Å². The molecule has 0 bridgehead atoms. The van der Waals surface area contributed by atoms with Crippen LogP contribution in [0.25, 0.3) is 0 Å². The molecule has 0 rings (SSSR count). The lowest BCUT2D eigenvalue weighted by molar-refractivity contribution is -0.116. The van der Waals surface area contributed by atoms with Crippen LogP contribution in [0.4, 0.5) is 0 Å². The Labute approximate surface area is 59.8 Å². The molecular formula is C6H11ClO2. The largest absolute Gasteiger partial charge is 0.396 e. The van der Waals surface area contributed by atoms with E-state index in [9.17, 15) is 4.79 Å². The van der Waals surface area contributed by atoms with Crippen molar-refractivity contribution in [3.05, 3.63) is 0 Å². The molecular weight excluding hydrogens is 140 g/mol. The molecule has 0 atom stereocenters. The number of ketones is 1. The zero-order chi connectivity index (χ0) is 7.11. The van der Waals surface area contributed by atoms with Gasteiger partial charge in [0.25, 0.3) is 0 Å².